The number of aromatic nitrogens is 4. The lowest BCUT2D eigenvalue weighted by atomic mass is 9.98. The lowest BCUT2D eigenvalue weighted by Gasteiger charge is -2.20. The highest BCUT2D eigenvalue weighted by Crippen LogP contribution is 2.45. The molecule has 2 aromatic carbocycles. The molecule has 0 spiro atoms. The number of halogens is 6. The highest BCUT2D eigenvalue weighted by atomic mass is 19.4. The number of ether oxygens (including phenoxy) is 2. The van der Waals surface area contributed by atoms with Crippen molar-refractivity contribution in [2.24, 2.45) is 11.5 Å². The summed E-state index contributed by atoms with van der Waals surface area (Å²) in [5.41, 5.74) is 6.35. The number of carbonyl (C=O) groups is 2. The van der Waals surface area contributed by atoms with Gasteiger partial charge in [-0.2, -0.15) is 26.3 Å². The normalized spacial score (nSPS) is 19.1. The maximum absolute atomic E-state index is 13.5. The first kappa shape index (κ1) is 40.9. The van der Waals surface area contributed by atoms with Gasteiger partial charge >= 0.3 is 12.4 Å². The number of benzene rings is 2. The van der Waals surface area contributed by atoms with Crippen molar-refractivity contribution in [2.75, 3.05) is 23.8 Å². The summed E-state index contributed by atoms with van der Waals surface area (Å²) in [6, 6.07) is 7.06. The van der Waals surface area contributed by atoms with Crippen LogP contribution in [0.15, 0.2) is 73.6 Å². The molecule has 2 aliphatic heterocycles. The first-order valence-electron chi connectivity index (χ1n) is 16.4. The van der Waals surface area contributed by atoms with Crippen LogP contribution in [-0.2, 0) is 34.8 Å². The van der Waals surface area contributed by atoms with Crippen LogP contribution < -0.4 is 31.6 Å². The molecule has 4 heterocycles. The van der Waals surface area contributed by atoms with Crippen LogP contribution in [0.25, 0.3) is 11.1 Å². The van der Waals surface area contributed by atoms with Gasteiger partial charge in [0.25, 0.3) is 11.8 Å². The first-order valence-corrected chi connectivity index (χ1v) is 16.4. The van der Waals surface area contributed by atoms with E-state index in [1.54, 1.807) is 13.8 Å². The lowest BCUT2D eigenvalue weighted by Crippen LogP contribution is -2.34. The highest BCUT2D eigenvalue weighted by molar-refractivity contribution is 6.25. The molecule has 2 aliphatic rings. The fourth-order valence-electron chi connectivity index (χ4n) is 5.74. The maximum atomic E-state index is 13.5. The van der Waals surface area contributed by atoms with Crippen molar-refractivity contribution in [1.29, 1.82) is 0 Å². The summed E-state index contributed by atoms with van der Waals surface area (Å²) in [5.74, 6) is -1.78. The largest absolute Gasteiger partial charge is 0.485 e. The minimum Gasteiger partial charge on any atom is -0.485 e. The Labute approximate surface area is 314 Å². The SMILES string of the molecule is C[C@@]1(CO)Cc2cc(NC(=O)C(=CN)c3ncccn3)c(C(F)(F)F)cc2O1.C[C@]1(CO)Cc2cc(NC(=O)C(=CN)c3ncccn3)c(C(F)(F)F)cc2O1. The van der Waals surface area contributed by atoms with Gasteiger partial charge in [0.15, 0.2) is 11.6 Å². The van der Waals surface area contributed by atoms with Crippen LogP contribution in [0.5, 0.6) is 11.5 Å². The van der Waals surface area contributed by atoms with E-state index in [9.17, 15) is 46.1 Å². The summed E-state index contributed by atoms with van der Waals surface area (Å²) in [4.78, 5) is 40.6. The van der Waals surface area contributed by atoms with Crippen molar-refractivity contribution >= 4 is 34.3 Å². The third-order valence-corrected chi connectivity index (χ3v) is 8.45. The maximum Gasteiger partial charge on any atom is 0.418 e. The molecule has 0 aliphatic carbocycles. The smallest absolute Gasteiger partial charge is 0.418 e. The van der Waals surface area contributed by atoms with Gasteiger partial charge < -0.3 is 41.8 Å². The van der Waals surface area contributed by atoms with Gasteiger partial charge in [0.05, 0.1) is 46.9 Å². The first-order chi connectivity index (χ1) is 26.3. The van der Waals surface area contributed by atoms with Gasteiger partial charge in [-0.05, 0) is 50.2 Å². The Bertz CT molecular complexity index is 2020. The van der Waals surface area contributed by atoms with Crippen LogP contribution in [0.1, 0.15) is 47.8 Å². The van der Waals surface area contributed by atoms with E-state index in [1.165, 1.54) is 49.1 Å². The zero-order chi connectivity index (χ0) is 41.1. The third-order valence-electron chi connectivity index (χ3n) is 8.45. The summed E-state index contributed by atoms with van der Waals surface area (Å²) >= 11 is 0. The minimum absolute atomic E-state index is 0.0165. The molecule has 20 heteroatoms. The van der Waals surface area contributed by atoms with E-state index in [0.29, 0.717) is 11.1 Å². The molecule has 14 nitrogen and oxygen atoms in total. The number of fused-ring (bicyclic) bond motifs is 2. The molecule has 4 aromatic rings. The van der Waals surface area contributed by atoms with Gasteiger partial charge in [-0.25, -0.2) is 19.9 Å². The molecule has 296 valence electrons. The van der Waals surface area contributed by atoms with E-state index in [1.807, 2.05) is 0 Å². The van der Waals surface area contributed by atoms with Crippen molar-refractivity contribution < 1.29 is 55.6 Å². The number of anilines is 2. The highest BCUT2D eigenvalue weighted by Gasteiger charge is 2.42. The number of aliphatic hydroxyl groups excluding tert-OH is 2. The summed E-state index contributed by atoms with van der Waals surface area (Å²) in [5, 5.41) is 23.3. The average molecular weight is 789 g/mol. The number of nitrogens with two attached hydrogens (primary N) is 2. The number of alkyl halides is 6. The molecule has 0 fully saturated rings. The second-order valence-electron chi connectivity index (χ2n) is 13.0. The second-order valence-corrected chi connectivity index (χ2v) is 13.0. The Kier molecular flexibility index (Phi) is 11.6. The molecule has 0 bridgehead atoms. The van der Waals surface area contributed by atoms with Gasteiger partial charge in [0, 0.05) is 61.2 Å². The fourth-order valence-corrected chi connectivity index (χ4v) is 5.74. The van der Waals surface area contributed by atoms with Crippen molar-refractivity contribution in [3.8, 4) is 11.5 Å². The predicted octanol–water partition coefficient (Wildman–Crippen LogP) is 4.24. The van der Waals surface area contributed by atoms with Crippen LogP contribution in [-0.4, -0.2) is 66.4 Å². The molecular formula is C36H34F6N8O6. The number of amides is 2. The standard InChI is InChI=1S/2C18H17F3N4O3/c2*1-17(9-26)7-10-5-13(12(18(19,20)21)6-14(10)28-17)25-16(27)11(8-22)15-23-3-2-4-24-15/h2*2-6,8,26H,7,9,22H2,1H3,(H,25,27)/t2*17-/m10/s1. The molecule has 0 radical (unpaired) electrons. The minimum atomic E-state index is -4.74. The van der Waals surface area contributed by atoms with Crippen molar-refractivity contribution in [3.05, 3.63) is 107 Å². The topological polar surface area (TPSA) is 221 Å². The Balaban J connectivity index is 0.000000214. The van der Waals surface area contributed by atoms with Crippen molar-refractivity contribution in [1.82, 2.24) is 19.9 Å². The lowest BCUT2D eigenvalue weighted by molar-refractivity contribution is -0.138. The molecule has 0 unspecified atom stereocenters. The third kappa shape index (κ3) is 8.98. The molecular weight excluding hydrogens is 754 g/mol. The molecule has 8 N–H and O–H groups in total. The Morgan fingerprint density at radius 2 is 1.04 bits per heavy atom. The van der Waals surface area contributed by atoms with Gasteiger partial charge in [0.2, 0.25) is 0 Å². The number of hydrogen-bond acceptors (Lipinski definition) is 12. The number of aliphatic hydroxyl groups is 2. The van der Waals surface area contributed by atoms with E-state index in [0.717, 1.165) is 24.5 Å². The number of carbonyl (C=O) groups excluding carboxylic acids is 2. The number of hydrogen-bond donors (Lipinski definition) is 6. The molecule has 6 rings (SSSR count). The van der Waals surface area contributed by atoms with Crippen LogP contribution in [0.3, 0.4) is 0 Å². The van der Waals surface area contributed by atoms with Gasteiger partial charge in [0.1, 0.15) is 22.7 Å². The van der Waals surface area contributed by atoms with Crippen LogP contribution in [0.2, 0.25) is 0 Å². The molecule has 2 atom stereocenters. The van der Waals surface area contributed by atoms with E-state index < -0.39 is 57.9 Å². The summed E-state index contributed by atoms with van der Waals surface area (Å²) < 4.78 is 92.1. The monoisotopic (exact) mass is 788 g/mol. The second kappa shape index (κ2) is 15.8. The van der Waals surface area contributed by atoms with E-state index in [4.69, 9.17) is 20.9 Å². The summed E-state index contributed by atoms with van der Waals surface area (Å²) in [6.07, 6.45) is -1.72. The van der Waals surface area contributed by atoms with Crippen molar-refractivity contribution in [2.45, 2.75) is 50.2 Å². The van der Waals surface area contributed by atoms with Gasteiger partial charge in [-0.15, -0.1) is 0 Å². The fraction of sp³-hybridized carbons (Fsp3) is 0.278. The van der Waals surface area contributed by atoms with E-state index in [-0.39, 0.29) is 60.3 Å². The van der Waals surface area contributed by atoms with Crippen LogP contribution in [0.4, 0.5) is 37.7 Å². The predicted molar refractivity (Wildman–Crippen MR) is 188 cm³/mol. The quantitative estimate of drug-likeness (QED) is 0.109. The number of nitrogens with zero attached hydrogens (tertiary/aromatic N) is 4. The number of nitrogens with one attached hydrogen (secondary N) is 2. The zero-order valence-corrected chi connectivity index (χ0v) is 29.5. The Morgan fingerprint density at radius 1 is 0.696 bits per heavy atom. The molecule has 0 saturated carbocycles. The Hall–Kier alpha value is -6.28. The molecule has 0 saturated heterocycles. The molecule has 56 heavy (non-hydrogen) atoms. The average Bonchev–Trinajstić information content (AvgIpc) is 3.67. The molecule has 2 aromatic heterocycles. The van der Waals surface area contributed by atoms with Crippen LogP contribution in [0, 0.1) is 0 Å². The molecule has 2 amide bonds. The van der Waals surface area contributed by atoms with Crippen LogP contribution >= 0.6 is 0 Å². The Morgan fingerprint density at radius 3 is 1.32 bits per heavy atom. The van der Waals surface area contributed by atoms with E-state index >= 15 is 0 Å². The summed E-state index contributed by atoms with van der Waals surface area (Å²) in [7, 11) is 0. The van der Waals surface area contributed by atoms with Gasteiger partial charge in [-0.3, -0.25) is 9.59 Å². The van der Waals surface area contributed by atoms with Gasteiger partial charge in [-0.1, -0.05) is 0 Å². The van der Waals surface area contributed by atoms with E-state index in [2.05, 4.69) is 30.6 Å². The summed E-state index contributed by atoms with van der Waals surface area (Å²) in [6.45, 7) is 2.44. The van der Waals surface area contributed by atoms with Crippen molar-refractivity contribution in [3.63, 3.8) is 0 Å². The number of rotatable bonds is 8. The zero-order valence-electron chi connectivity index (χ0n) is 29.5.